The second-order valence-electron chi connectivity index (χ2n) is 3.63. The minimum atomic E-state index is 0.343. The second-order valence-corrected chi connectivity index (χ2v) is 4.93. The van der Waals surface area contributed by atoms with Crippen LogP contribution >= 0.6 is 23.4 Å². The Balaban J connectivity index is 2.67. The Hall–Kier alpha value is -0.520. The van der Waals surface area contributed by atoms with Crippen molar-refractivity contribution in [2.75, 3.05) is 23.9 Å². The van der Waals surface area contributed by atoms with Crippen LogP contribution in [0.1, 0.15) is 19.7 Å². The van der Waals surface area contributed by atoms with E-state index in [1.807, 2.05) is 6.92 Å². The number of rotatable bonds is 7. The summed E-state index contributed by atoms with van der Waals surface area (Å²) in [6, 6.07) is 2.07. The molecule has 4 nitrogen and oxygen atoms in total. The zero-order valence-corrected chi connectivity index (χ0v) is 11.9. The van der Waals surface area contributed by atoms with Gasteiger partial charge in [0.2, 0.25) is 0 Å². The van der Waals surface area contributed by atoms with E-state index in [1.54, 1.807) is 17.8 Å². The Kier molecular flexibility index (Phi) is 6.62. The molecule has 0 spiro atoms. The lowest BCUT2D eigenvalue weighted by molar-refractivity contribution is 0.128. The molecule has 17 heavy (non-hydrogen) atoms. The van der Waals surface area contributed by atoms with Crippen LogP contribution in [0.25, 0.3) is 0 Å². The van der Waals surface area contributed by atoms with E-state index < -0.39 is 0 Å². The summed E-state index contributed by atoms with van der Waals surface area (Å²) in [6.45, 7) is 5.07. The first-order valence-corrected chi connectivity index (χ1v) is 7.29. The highest BCUT2D eigenvalue weighted by Gasteiger charge is 2.06. The van der Waals surface area contributed by atoms with Crippen molar-refractivity contribution in [3.63, 3.8) is 0 Å². The highest BCUT2D eigenvalue weighted by atomic mass is 35.5. The van der Waals surface area contributed by atoms with Crippen LogP contribution in [-0.4, -0.2) is 34.6 Å². The van der Waals surface area contributed by atoms with Crippen LogP contribution in [0.15, 0.2) is 6.07 Å². The van der Waals surface area contributed by atoms with Crippen LogP contribution in [0.3, 0.4) is 0 Å². The second kappa shape index (κ2) is 7.74. The molecule has 1 aromatic heterocycles. The zero-order chi connectivity index (χ0) is 12.7. The summed E-state index contributed by atoms with van der Waals surface area (Å²) in [4.78, 5) is 8.46. The maximum Gasteiger partial charge on any atom is 0.158 e. The van der Waals surface area contributed by atoms with Crippen LogP contribution < -0.4 is 5.32 Å². The largest absolute Gasteiger partial charge is 0.374 e. The van der Waals surface area contributed by atoms with Crippen molar-refractivity contribution < 1.29 is 4.74 Å². The van der Waals surface area contributed by atoms with E-state index in [4.69, 9.17) is 16.3 Å². The van der Waals surface area contributed by atoms with Crippen LogP contribution in [0.5, 0.6) is 0 Å². The fraction of sp³-hybridized carbons (Fsp3) is 0.636. The topological polar surface area (TPSA) is 47.0 Å². The van der Waals surface area contributed by atoms with Gasteiger partial charge in [0.15, 0.2) is 5.82 Å². The van der Waals surface area contributed by atoms with Crippen molar-refractivity contribution >= 4 is 29.2 Å². The average molecular weight is 276 g/mol. The van der Waals surface area contributed by atoms with E-state index in [-0.39, 0.29) is 0 Å². The van der Waals surface area contributed by atoms with Crippen molar-refractivity contribution in [2.45, 2.75) is 26.5 Å². The van der Waals surface area contributed by atoms with Crippen LogP contribution in [0, 0.1) is 0 Å². The summed E-state index contributed by atoms with van der Waals surface area (Å²) in [6.07, 6.45) is 2.08. The summed E-state index contributed by atoms with van der Waals surface area (Å²) in [5.74, 6) is 2.38. The molecular weight excluding hydrogens is 258 g/mol. The van der Waals surface area contributed by atoms with Gasteiger partial charge in [0, 0.05) is 24.5 Å². The van der Waals surface area contributed by atoms with Crippen molar-refractivity contribution in [3.05, 3.63) is 17.0 Å². The first-order chi connectivity index (χ1) is 8.15. The Morgan fingerprint density at radius 1 is 1.53 bits per heavy atom. The Morgan fingerprint density at radius 2 is 2.29 bits per heavy atom. The van der Waals surface area contributed by atoms with Gasteiger partial charge in [0.1, 0.15) is 17.6 Å². The predicted octanol–water partition coefficient (Wildman–Crippen LogP) is 2.83. The van der Waals surface area contributed by atoms with Gasteiger partial charge in [-0.2, -0.15) is 11.8 Å². The molecule has 0 aliphatic heterocycles. The van der Waals surface area contributed by atoms with Gasteiger partial charge < -0.3 is 10.1 Å². The molecule has 1 rings (SSSR count). The smallest absolute Gasteiger partial charge is 0.158 e. The number of halogens is 1. The van der Waals surface area contributed by atoms with Gasteiger partial charge in [-0.3, -0.25) is 0 Å². The number of ether oxygens (including phenoxy) is 1. The monoisotopic (exact) mass is 275 g/mol. The van der Waals surface area contributed by atoms with Crippen LogP contribution in [0.4, 0.5) is 5.82 Å². The molecular formula is C11H18ClN3OS. The van der Waals surface area contributed by atoms with Gasteiger partial charge in [0.25, 0.3) is 0 Å². The van der Waals surface area contributed by atoms with Gasteiger partial charge in [-0.15, -0.1) is 0 Å². The highest BCUT2D eigenvalue weighted by Crippen LogP contribution is 2.14. The molecule has 96 valence electrons. The molecule has 1 unspecified atom stereocenters. The molecule has 0 aliphatic rings. The number of anilines is 1. The lowest BCUT2D eigenvalue weighted by Gasteiger charge is -2.13. The van der Waals surface area contributed by atoms with E-state index in [2.05, 4.69) is 28.5 Å². The van der Waals surface area contributed by atoms with Gasteiger partial charge in [-0.05, 0) is 20.1 Å². The molecule has 0 radical (unpaired) electrons. The average Bonchev–Trinajstić information content (AvgIpc) is 2.25. The SMILES string of the molecule is CCOCc1nc(Cl)cc(NC(C)CSC)n1. The minimum absolute atomic E-state index is 0.343. The molecule has 1 heterocycles. The first-order valence-electron chi connectivity index (χ1n) is 5.52. The maximum atomic E-state index is 5.94. The number of hydrogen-bond donors (Lipinski definition) is 1. The normalized spacial score (nSPS) is 12.5. The highest BCUT2D eigenvalue weighted by molar-refractivity contribution is 7.98. The van der Waals surface area contributed by atoms with E-state index in [9.17, 15) is 0 Å². The molecule has 0 aliphatic carbocycles. The number of nitrogens with one attached hydrogen (secondary N) is 1. The van der Waals surface area contributed by atoms with E-state index in [1.165, 1.54) is 0 Å². The number of hydrogen-bond acceptors (Lipinski definition) is 5. The molecule has 0 amide bonds. The van der Waals surface area contributed by atoms with Crippen LogP contribution in [0.2, 0.25) is 5.15 Å². The molecule has 0 bridgehead atoms. The molecule has 0 saturated heterocycles. The summed E-state index contributed by atoms with van der Waals surface area (Å²) >= 11 is 7.73. The predicted molar refractivity (Wildman–Crippen MR) is 73.8 cm³/mol. The van der Waals surface area contributed by atoms with Crippen molar-refractivity contribution in [3.8, 4) is 0 Å². The fourth-order valence-electron chi connectivity index (χ4n) is 1.34. The van der Waals surface area contributed by atoms with E-state index in [0.717, 1.165) is 11.6 Å². The number of aromatic nitrogens is 2. The molecule has 0 fully saturated rings. The molecule has 0 saturated carbocycles. The van der Waals surface area contributed by atoms with E-state index >= 15 is 0 Å². The van der Waals surface area contributed by atoms with Gasteiger partial charge in [-0.1, -0.05) is 11.6 Å². The Morgan fingerprint density at radius 3 is 2.94 bits per heavy atom. The molecule has 1 aromatic rings. The molecule has 1 N–H and O–H groups in total. The Labute approximate surface area is 112 Å². The number of thioether (sulfide) groups is 1. The quantitative estimate of drug-likeness (QED) is 0.776. The lowest BCUT2D eigenvalue weighted by Crippen LogP contribution is -2.19. The van der Waals surface area contributed by atoms with Gasteiger partial charge >= 0.3 is 0 Å². The summed E-state index contributed by atoms with van der Waals surface area (Å²) < 4.78 is 5.27. The molecule has 0 aromatic carbocycles. The molecule has 1 atom stereocenters. The van der Waals surface area contributed by atoms with Crippen LogP contribution in [-0.2, 0) is 11.3 Å². The van der Waals surface area contributed by atoms with Crippen molar-refractivity contribution in [1.82, 2.24) is 9.97 Å². The third-order valence-corrected chi connectivity index (χ3v) is 3.01. The minimum Gasteiger partial charge on any atom is -0.374 e. The third-order valence-electron chi connectivity index (χ3n) is 1.99. The van der Waals surface area contributed by atoms with Gasteiger partial charge in [0.05, 0.1) is 0 Å². The summed E-state index contributed by atoms with van der Waals surface area (Å²) in [7, 11) is 0. The van der Waals surface area contributed by atoms with Gasteiger partial charge in [-0.25, -0.2) is 9.97 Å². The summed E-state index contributed by atoms with van der Waals surface area (Å²) in [5.41, 5.74) is 0. The zero-order valence-electron chi connectivity index (χ0n) is 10.4. The van der Waals surface area contributed by atoms with E-state index in [0.29, 0.717) is 30.2 Å². The number of nitrogens with zero attached hydrogens (tertiary/aromatic N) is 2. The Bertz CT molecular complexity index is 351. The lowest BCUT2D eigenvalue weighted by atomic mass is 10.4. The molecule has 6 heteroatoms. The maximum absolute atomic E-state index is 5.94. The van der Waals surface area contributed by atoms with Crippen molar-refractivity contribution in [1.29, 1.82) is 0 Å². The summed E-state index contributed by atoms with van der Waals surface area (Å²) in [5, 5.41) is 3.73. The fourth-order valence-corrected chi connectivity index (χ4v) is 2.12. The standard InChI is InChI=1S/C11H18ClN3OS/c1-4-16-6-11-14-9(12)5-10(15-11)13-8(2)7-17-3/h5,8H,4,6-7H2,1-3H3,(H,13,14,15). The first kappa shape index (κ1) is 14.5. The van der Waals surface area contributed by atoms with Crippen molar-refractivity contribution in [2.24, 2.45) is 0 Å². The third kappa shape index (κ3) is 5.57.